The number of amides is 1. The van der Waals surface area contributed by atoms with Crippen LogP contribution in [0.15, 0.2) is 0 Å². The third-order valence-electron chi connectivity index (χ3n) is 4.37. The van der Waals surface area contributed by atoms with Gasteiger partial charge < -0.3 is 20.5 Å². The molecule has 3 N–H and O–H groups in total. The van der Waals surface area contributed by atoms with Gasteiger partial charge in [0, 0.05) is 25.0 Å². The van der Waals surface area contributed by atoms with Gasteiger partial charge in [-0.05, 0) is 32.1 Å². The second kappa shape index (κ2) is 6.20. The van der Waals surface area contributed by atoms with Crippen LogP contribution in [0.1, 0.15) is 33.1 Å². The number of carbonyl (C=O) groups is 1. The molecule has 0 aromatic carbocycles. The quantitative estimate of drug-likeness (QED) is 0.759. The van der Waals surface area contributed by atoms with Gasteiger partial charge >= 0.3 is 0 Å². The second-order valence-electron chi connectivity index (χ2n) is 6.15. The van der Waals surface area contributed by atoms with E-state index >= 15 is 0 Å². The van der Waals surface area contributed by atoms with Gasteiger partial charge in [-0.25, -0.2) is 0 Å². The highest BCUT2D eigenvalue weighted by atomic mass is 16.5. The summed E-state index contributed by atoms with van der Waals surface area (Å²) in [6, 6.07) is 0.243. The van der Waals surface area contributed by atoms with Gasteiger partial charge in [0.25, 0.3) is 0 Å². The number of aliphatic hydroxyl groups is 1. The molecule has 5 unspecified atom stereocenters. The average molecular weight is 270 g/mol. The lowest BCUT2D eigenvalue weighted by molar-refractivity contribution is -0.153. The van der Waals surface area contributed by atoms with Gasteiger partial charge in [-0.15, -0.1) is 0 Å². The van der Waals surface area contributed by atoms with E-state index in [1.54, 1.807) is 0 Å². The maximum atomic E-state index is 12.6. The van der Waals surface area contributed by atoms with Crippen molar-refractivity contribution in [2.24, 2.45) is 17.6 Å². The van der Waals surface area contributed by atoms with Gasteiger partial charge in [0.15, 0.2) is 0 Å². The fourth-order valence-corrected chi connectivity index (χ4v) is 3.37. The minimum atomic E-state index is -0.242. The van der Waals surface area contributed by atoms with Crippen molar-refractivity contribution in [3.05, 3.63) is 0 Å². The van der Waals surface area contributed by atoms with Crippen LogP contribution in [0.2, 0.25) is 0 Å². The van der Waals surface area contributed by atoms with Crippen molar-refractivity contribution < 1.29 is 14.6 Å². The second-order valence-corrected chi connectivity index (χ2v) is 6.15. The Balaban J connectivity index is 1.98. The van der Waals surface area contributed by atoms with Gasteiger partial charge in [-0.2, -0.15) is 0 Å². The Morgan fingerprint density at radius 1 is 1.37 bits per heavy atom. The molecule has 1 aliphatic carbocycles. The van der Waals surface area contributed by atoms with Crippen LogP contribution >= 0.6 is 0 Å². The highest BCUT2D eigenvalue weighted by Crippen LogP contribution is 2.31. The summed E-state index contributed by atoms with van der Waals surface area (Å²) in [4.78, 5) is 14.5. The normalized spacial score (nSPS) is 40.2. The Morgan fingerprint density at radius 3 is 2.74 bits per heavy atom. The molecule has 5 atom stereocenters. The summed E-state index contributed by atoms with van der Waals surface area (Å²) in [5, 5.41) is 9.23. The first-order valence-corrected chi connectivity index (χ1v) is 7.32. The first-order valence-electron chi connectivity index (χ1n) is 7.32. The zero-order chi connectivity index (χ0) is 14.0. The van der Waals surface area contributed by atoms with Crippen LogP contribution in [0, 0.1) is 11.8 Å². The number of ether oxygens (including phenoxy) is 1. The Bertz CT molecular complexity index is 324. The van der Waals surface area contributed by atoms with Gasteiger partial charge in [0.1, 0.15) is 0 Å². The van der Waals surface area contributed by atoms with Crippen LogP contribution in [0.3, 0.4) is 0 Å². The Hall–Kier alpha value is -0.650. The van der Waals surface area contributed by atoms with Crippen molar-refractivity contribution in [3.63, 3.8) is 0 Å². The topological polar surface area (TPSA) is 75.8 Å². The molecule has 2 fully saturated rings. The maximum Gasteiger partial charge on any atom is 0.226 e. The molecule has 0 aromatic heterocycles. The van der Waals surface area contributed by atoms with E-state index in [9.17, 15) is 9.90 Å². The van der Waals surface area contributed by atoms with Crippen molar-refractivity contribution in [2.75, 3.05) is 19.7 Å². The minimum Gasteiger partial charge on any atom is -0.394 e. The molecular formula is C14H26N2O3. The third-order valence-corrected chi connectivity index (χ3v) is 4.37. The molecule has 1 heterocycles. The molecule has 1 amide bonds. The Morgan fingerprint density at radius 2 is 2.11 bits per heavy atom. The molecule has 1 saturated heterocycles. The number of carbonyl (C=O) groups excluding carboxylic acids is 1. The molecule has 0 aromatic rings. The number of nitrogens with zero attached hydrogens (tertiary/aromatic N) is 1. The summed E-state index contributed by atoms with van der Waals surface area (Å²) in [5.74, 6) is 0.652. The SMILES string of the molecule is CC1CN(C(=O)C2CCC(N)CC2C)CC(CO)O1. The van der Waals surface area contributed by atoms with Crippen LogP contribution in [-0.2, 0) is 9.53 Å². The molecule has 1 aliphatic heterocycles. The first kappa shape index (κ1) is 14.8. The molecule has 0 radical (unpaired) electrons. The largest absolute Gasteiger partial charge is 0.394 e. The summed E-state index contributed by atoms with van der Waals surface area (Å²) >= 11 is 0. The van der Waals surface area contributed by atoms with Crippen LogP contribution in [-0.4, -0.2) is 53.9 Å². The predicted octanol–water partition coefficient (Wildman–Crippen LogP) is 0.358. The molecule has 19 heavy (non-hydrogen) atoms. The zero-order valence-electron chi connectivity index (χ0n) is 11.9. The van der Waals surface area contributed by atoms with Crippen molar-refractivity contribution in [3.8, 4) is 0 Å². The fourth-order valence-electron chi connectivity index (χ4n) is 3.37. The van der Waals surface area contributed by atoms with Gasteiger partial charge in [0.05, 0.1) is 18.8 Å². The first-order chi connectivity index (χ1) is 9.01. The lowest BCUT2D eigenvalue weighted by atomic mass is 9.77. The monoisotopic (exact) mass is 270 g/mol. The van der Waals surface area contributed by atoms with E-state index < -0.39 is 0 Å². The standard InChI is InChI=1S/C14H26N2O3/c1-9-5-11(15)3-4-13(9)14(18)16-6-10(2)19-12(7-16)8-17/h9-13,17H,3-8,15H2,1-2H3. The van der Waals surface area contributed by atoms with Crippen molar-refractivity contribution >= 4 is 5.91 Å². The summed E-state index contributed by atoms with van der Waals surface area (Å²) in [5.41, 5.74) is 5.95. The Labute approximate surface area is 115 Å². The molecule has 2 rings (SSSR count). The smallest absolute Gasteiger partial charge is 0.226 e. The highest BCUT2D eigenvalue weighted by Gasteiger charge is 2.36. The van der Waals surface area contributed by atoms with E-state index in [1.807, 2.05) is 11.8 Å². The van der Waals surface area contributed by atoms with Crippen molar-refractivity contribution in [1.29, 1.82) is 0 Å². The van der Waals surface area contributed by atoms with Crippen molar-refractivity contribution in [1.82, 2.24) is 4.90 Å². The highest BCUT2D eigenvalue weighted by molar-refractivity contribution is 5.79. The summed E-state index contributed by atoms with van der Waals surface area (Å²) in [7, 11) is 0. The number of aliphatic hydroxyl groups excluding tert-OH is 1. The van der Waals surface area contributed by atoms with E-state index in [0.29, 0.717) is 19.0 Å². The number of hydrogen-bond donors (Lipinski definition) is 2. The van der Waals surface area contributed by atoms with Gasteiger partial charge in [-0.1, -0.05) is 6.92 Å². The number of hydrogen-bond acceptors (Lipinski definition) is 4. The van der Waals surface area contributed by atoms with E-state index in [0.717, 1.165) is 19.3 Å². The summed E-state index contributed by atoms with van der Waals surface area (Å²) < 4.78 is 5.58. The molecule has 5 heteroatoms. The maximum absolute atomic E-state index is 12.6. The van der Waals surface area contributed by atoms with Crippen LogP contribution in [0.25, 0.3) is 0 Å². The van der Waals surface area contributed by atoms with Gasteiger partial charge in [0.2, 0.25) is 5.91 Å². The van der Waals surface area contributed by atoms with Gasteiger partial charge in [-0.3, -0.25) is 4.79 Å². The minimum absolute atomic E-state index is 0.00370. The molecule has 110 valence electrons. The lowest BCUT2D eigenvalue weighted by Crippen LogP contribution is -2.53. The molecular weight excluding hydrogens is 244 g/mol. The molecule has 2 aliphatic rings. The number of rotatable bonds is 2. The molecule has 1 saturated carbocycles. The van der Waals surface area contributed by atoms with E-state index in [4.69, 9.17) is 10.5 Å². The fraction of sp³-hybridized carbons (Fsp3) is 0.929. The van der Waals surface area contributed by atoms with E-state index in [1.165, 1.54) is 0 Å². The Kier molecular flexibility index (Phi) is 4.81. The lowest BCUT2D eigenvalue weighted by Gasteiger charge is -2.40. The summed E-state index contributed by atoms with van der Waals surface area (Å²) in [6.45, 7) is 5.18. The summed E-state index contributed by atoms with van der Waals surface area (Å²) in [6.07, 6.45) is 2.50. The van der Waals surface area contributed by atoms with Crippen LogP contribution in [0.4, 0.5) is 0 Å². The molecule has 5 nitrogen and oxygen atoms in total. The van der Waals surface area contributed by atoms with E-state index in [-0.39, 0.29) is 36.7 Å². The molecule has 0 spiro atoms. The van der Waals surface area contributed by atoms with E-state index in [2.05, 4.69) is 6.92 Å². The predicted molar refractivity (Wildman–Crippen MR) is 72.5 cm³/mol. The van der Waals surface area contributed by atoms with Crippen LogP contribution in [0.5, 0.6) is 0 Å². The number of morpholine rings is 1. The zero-order valence-corrected chi connectivity index (χ0v) is 11.9. The average Bonchev–Trinajstić information content (AvgIpc) is 2.37. The van der Waals surface area contributed by atoms with Crippen molar-refractivity contribution in [2.45, 2.75) is 51.4 Å². The molecule has 0 bridgehead atoms. The number of nitrogens with two attached hydrogens (primary N) is 1. The third kappa shape index (κ3) is 3.46. The van der Waals surface area contributed by atoms with Crippen LogP contribution < -0.4 is 5.73 Å².